The number of nitrogens with one attached hydrogen (secondary N) is 1. The maximum Gasteiger partial charge on any atom is 0.318 e. The van der Waals surface area contributed by atoms with Crippen molar-refractivity contribution in [2.45, 2.75) is 0 Å². The Morgan fingerprint density at radius 3 is 3.00 bits per heavy atom. The van der Waals surface area contributed by atoms with Crippen LogP contribution in [0.1, 0.15) is 0 Å². The van der Waals surface area contributed by atoms with E-state index in [0.29, 0.717) is 11.8 Å². The van der Waals surface area contributed by atoms with Crippen LogP contribution in [0.25, 0.3) is 0 Å². The molecule has 0 unspecified atom stereocenters. The minimum atomic E-state index is 0.339. The van der Waals surface area contributed by atoms with E-state index in [2.05, 4.69) is 20.3 Å². The molecule has 1 N–H and O–H groups in total. The Labute approximate surface area is 84.8 Å². The van der Waals surface area contributed by atoms with Crippen molar-refractivity contribution in [1.29, 1.82) is 0 Å². The van der Waals surface area contributed by atoms with Crippen LogP contribution in [0.5, 0.6) is 6.01 Å². The molecule has 0 aromatic carbocycles. The first-order chi connectivity index (χ1) is 6.88. The van der Waals surface area contributed by atoms with Crippen molar-refractivity contribution in [2.75, 3.05) is 12.4 Å². The van der Waals surface area contributed by atoms with E-state index >= 15 is 0 Å². The van der Waals surface area contributed by atoms with Crippen molar-refractivity contribution in [2.24, 2.45) is 0 Å². The van der Waals surface area contributed by atoms with Gasteiger partial charge in [0.2, 0.25) is 0 Å². The number of aromatic nitrogens is 3. The maximum atomic E-state index is 4.89. The highest BCUT2D eigenvalue weighted by atomic mass is 32.1. The molecule has 0 radical (unpaired) electrons. The highest BCUT2D eigenvalue weighted by Crippen LogP contribution is 2.17. The highest BCUT2D eigenvalue weighted by molar-refractivity contribution is 7.13. The van der Waals surface area contributed by atoms with Gasteiger partial charge in [-0.1, -0.05) is 0 Å². The summed E-state index contributed by atoms with van der Waals surface area (Å²) in [4.78, 5) is 12.1. The van der Waals surface area contributed by atoms with Crippen LogP contribution in [0.4, 0.5) is 10.9 Å². The van der Waals surface area contributed by atoms with Crippen molar-refractivity contribution < 1.29 is 4.74 Å². The second-order valence-electron chi connectivity index (χ2n) is 2.39. The van der Waals surface area contributed by atoms with Gasteiger partial charge in [0, 0.05) is 17.8 Å². The molecule has 0 aliphatic rings. The monoisotopic (exact) mass is 208 g/mol. The van der Waals surface area contributed by atoms with Crippen molar-refractivity contribution in [1.82, 2.24) is 15.0 Å². The number of rotatable bonds is 3. The zero-order chi connectivity index (χ0) is 9.80. The number of ether oxygens (including phenoxy) is 1. The van der Waals surface area contributed by atoms with E-state index in [1.807, 2.05) is 5.38 Å². The van der Waals surface area contributed by atoms with Crippen LogP contribution < -0.4 is 10.1 Å². The lowest BCUT2D eigenvalue weighted by atomic mass is 10.6. The Bertz CT molecular complexity index is 403. The summed E-state index contributed by atoms with van der Waals surface area (Å²) in [6.07, 6.45) is 3.35. The fraction of sp³-hybridized carbons (Fsp3) is 0.125. The molecule has 0 saturated heterocycles. The van der Waals surface area contributed by atoms with E-state index in [0.717, 1.165) is 5.13 Å². The van der Waals surface area contributed by atoms with E-state index in [1.54, 1.807) is 18.5 Å². The van der Waals surface area contributed by atoms with Gasteiger partial charge in [0.1, 0.15) is 5.82 Å². The summed E-state index contributed by atoms with van der Waals surface area (Å²) >= 11 is 1.51. The summed E-state index contributed by atoms with van der Waals surface area (Å²) in [6.45, 7) is 0. The topological polar surface area (TPSA) is 59.9 Å². The number of methoxy groups -OCH3 is 1. The fourth-order valence-corrected chi connectivity index (χ4v) is 1.44. The molecule has 0 aliphatic heterocycles. The van der Waals surface area contributed by atoms with Crippen LogP contribution in [-0.2, 0) is 0 Å². The molecule has 72 valence electrons. The summed E-state index contributed by atoms with van der Waals surface area (Å²) in [5.74, 6) is 0.673. The van der Waals surface area contributed by atoms with Crippen molar-refractivity contribution in [3.63, 3.8) is 0 Å². The molecule has 2 aromatic rings. The number of hydrogen-bond donors (Lipinski definition) is 1. The minimum absolute atomic E-state index is 0.339. The van der Waals surface area contributed by atoms with Crippen LogP contribution in [0.3, 0.4) is 0 Å². The summed E-state index contributed by atoms with van der Waals surface area (Å²) in [7, 11) is 1.53. The molecule has 14 heavy (non-hydrogen) atoms. The van der Waals surface area contributed by atoms with Gasteiger partial charge in [-0.05, 0) is 6.07 Å². The molecule has 0 atom stereocenters. The average molecular weight is 208 g/mol. The first kappa shape index (κ1) is 8.89. The lowest BCUT2D eigenvalue weighted by Crippen LogP contribution is -1.96. The van der Waals surface area contributed by atoms with Gasteiger partial charge < -0.3 is 10.1 Å². The van der Waals surface area contributed by atoms with Gasteiger partial charge in [-0.3, -0.25) is 0 Å². The largest absolute Gasteiger partial charge is 0.467 e. The van der Waals surface area contributed by atoms with Crippen molar-refractivity contribution >= 4 is 22.3 Å². The number of anilines is 2. The van der Waals surface area contributed by atoms with Crippen LogP contribution in [-0.4, -0.2) is 22.1 Å². The van der Waals surface area contributed by atoms with Crippen LogP contribution in [0.2, 0.25) is 0 Å². The minimum Gasteiger partial charge on any atom is -0.467 e. The fourth-order valence-electron chi connectivity index (χ4n) is 0.904. The molecular weight excluding hydrogens is 200 g/mol. The van der Waals surface area contributed by atoms with Gasteiger partial charge in [-0.25, -0.2) is 9.97 Å². The van der Waals surface area contributed by atoms with E-state index in [4.69, 9.17) is 4.74 Å². The van der Waals surface area contributed by atoms with Gasteiger partial charge in [-0.2, -0.15) is 4.98 Å². The van der Waals surface area contributed by atoms with Crippen LogP contribution >= 0.6 is 11.3 Å². The summed E-state index contributed by atoms with van der Waals surface area (Å²) < 4.78 is 4.89. The zero-order valence-corrected chi connectivity index (χ0v) is 8.28. The molecule has 0 saturated carbocycles. The van der Waals surface area contributed by atoms with Gasteiger partial charge in [0.15, 0.2) is 5.13 Å². The third-order valence-electron chi connectivity index (χ3n) is 1.48. The molecular formula is C8H8N4OS. The normalized spacial score (nSPS) is 9.79. The third-order valence-corrected chi connectivity index (χ3v) is 2.17. The van der Waals surface area contributed by atoms with Crippen LogP contribution in [0.15, 0.2) is 23.8 Å². The standard InChI is InChI=1S/C8H8N4OS/c1-13-7-9-3-2-6(11-7)12-8-10-4-5-14-8/h2-5H,1H3,(H,9,10,11,12). The number of hydrogen-bond acceptors (Lipinski definition) is 6. The second-order valence-corrected chi connectivity index (χ2v) is 3.29. The molecule has 0 amide bonds. The number of nitrogens with zero attached hydrogens (tertiary/aromatic N) is 3. The molecule has 0 bridgehead atoms. The average Bonchev–Trinajstić information content (AvgIpc) is 2.71. The smallest absolute Gasteiger partial charge is 0.318 e. The predicted octanol–water partition coefficient (Wildman–Crippen LogP) is 1.69. The summed E-state index contributed by atoms with van der Waals surface area (Å²) in [6, 6.07) is 2.09. The molecule has 2 rings (SSSR count). The molecule has 2 heterocycles. The Hall–Kier alpha value is -1.69. The highest BCUT2D eigenvalue weighted by Gasteiger charge is 2.00. The lowest BCUT2D eigenvalue weighted by Gasteiger charge is -2.02. The molecule has 6 heteroatoms. The Morgan fingerprint density at radius 1 is 1.36 bits per heavy atom. The molecule has 2 aromatic heterocycles. The van der Waals surface area contributed by atoms with Gasteiger partial charge >= 0.3 is 6.01 Å². The summed E-state index contributed by atoms with van der Waals surface area (Å²) in [5.41, 5.74) is 0. The number of thiazole rings is 1. The second kappa shape index (κ2) is 4.01. The first-order valence-corrected chi connectivity index (χ1v) is 4.80. The molecule has 0 fully saturated rings. The first-order valence-electron chi connectivity index (χ1n) is 3.92. The Balaban J connectivity index is 2.17. The quantitative estimate of drug-likeness (QED) is 0.831. The van der Waals surface area contributed by atoms with Crippen molar-refractivity contribution in [3.8, 4) is 6.01 Å². The third kappa shape index (κ3) is 1.97. The maximum absolute atomic E-state index is 4.89. The Kier molecular flexibility index (Phi) is 2.55. The van der Waals surface area contributed by atoms with Gasteiger partial charge in [0.25, 0.3) is 0 Å². The summed E-state index contributed by atoms with van der Waals surface area (Å²) in [5, 5.41) is 5.72. The predicted molar refractivity (Wildman–Crippen MR) is 54.0 cm³/mol. The van der Waals surface area contributed by atoms with Crippen molar-refractivity contribution in [3.05, 3.63) is 23.8 Å². The molecule has 0 spiro atoms. The van der Waals surface area contributed by atoms with E-state index in [1.165, 1.54) is 18.4 Å². The van der Waals surface area contributed by atoms with E-state index in [9.17, 15) is 0 Å². The van der Waals surface area contributed by atoms with Gasteiger partial charge in [0.05, 0.1) is 7.11 Å². The van der Waals surface area contributed by atoms with Gasteiger partial charge in [-0.15, -0.1) is 11.3 Å². The SMILES string of the molecule is COc1nccc(Nc2nccs2)n1. The van der Waals surface area contributed by atoms with E-state index in [-0.39, 0.29) is 0 Å². The molecule has 5 nitrogen and oxygen atoms in total. The molecule has 0 aliphatic carbocycles. The lowest BCUT2D eigenvalue weighted by molar-refractivity contribution is 0.380. The van der Waals surface area contributed by atoms with E-state index < -0.39 is 0 Å². The Morgan fingerprint density at radius 2 is 2.29 bits per heavy atom. The zero-order valence-electron chi connectivity index (χ0n) is 7.47. The van der Waals surface area contributed by atoms with Crippen LogP contribution in [0, 0.1) is 0 Å².